The highest BCUT2D eigenvalue weighted by Crippen LogP contribution is 2.20. The van der Waals surface area contributed by atoms with Gasteiger partial charge in [0, 0.05) is 34.2 Å². The first kappa shape index (κ1) is 21.4. The molecular formula is C15H31IN4O2. The third kappa shape index (κ3) is 7.62. The van der Waals surface area contributed by atoms with Gasteiger partial charge in [-0.2, -0.15) is 0 Å². The van der Waals surface area contributed by atoms with Crippen LogP contribution in [0.15, 0.2) is 4.99 Å². The Morgan fingerprint density at radius 1 is 1.32 bits per heavy atom. The molecule has 6 nitrogen and oxygen atoms in total. The van der Waals surface area contributed by atoms with E-state index in [0.29, 0.717) is 6.10 Å². The first-order chi connectivity index (χ1) is 9.73. The predicted octanol–water partition coefficient (Wildman–Crippen LogP) is 1.55. The highest BCUT2D eigenvalue weighted by Gasteiger charge is 2.25. The molecule has 1 saturated heterocycles. The summed E-state index contributed by atoms with van der Waals surface area (Å²) in [5.74, 6) is 0.835. The molecule has 0 atom stereocenters. The Morgan fingerprint density at radius 3 is 2.27 bits per heavy atom. The number of carbonyl (C=O) groups excluding carboxylic acids is 1. The molecular weight excluding hydrogens is 395 g/mol. The molecule has 0 spiro atoms. The third-order valence-electron chi connectivity index (χ3n) is 3.37. The lowest BCUT2D eigenvalue weighted by Crippen LogP contribution is -2.49. The van der Waals surface area contributed by atoms with E-state index in [1.54, 1.807) is 26.0 Å². The van der Waals surface area contributed by atoms with Crippen LogP contribution in [-0.2, 0) is 9.53 Å². The van der Waals surface area contributed by atoms with E-state index in [-0.39, 0.29) is 42.0 Å². The number of rotatable bonds is 3. The highest BCUT2D eigenvalue weighted by molar-refractivity contribution is 14.0. The molecule has 0 bridgehead atoms. The summed E-state index contributed by atoms with van der Waals surface area (Å²) in [4.78, 5) is 19.6. The first-order valence-electron chi connectivity index (χ1n) is 7.56. The number of hydrogen-bond acceptors (Lipinski definition) is 3. The molecule has 0 aromatic rings. The molecule has 1 amide bonds. The molecule has 1 aliphatic rings. The lowest BCUT2D eigenvalue weighted by atomic mass is 10.1. The SMILES string of the molecule is CN=C(NCC(=O)N(C)C)N1CCC(OC(C)(C)C)CC1.I. The third-order valence-corrected chi connectivity index (χ3v) is 3.37. The lowest BCUT2D eigenvalue weighted by Gasteiger charge is -2.36. The molecule has 130 valence electrons. The molecule has 1 heterocycles. The minimum absolute atomic E-state index is 0. The van der Waals surface area contributed by atoms with Gasteiger partial charge in [-0.25, -0.2) is 0 Å². The molecule has 0 aromatic carbocycles. The molecule has 0 saturated carbocycles. The van der Waals surface area contributed by atoms with Crippen LogP contribution in [0.25, 0.3) is 0 Å². The van der Waals surface area contributed by atoms with Crippen LogP contribution in [0.1, 0.15) is 33.6 Å². The Hall–Kier alpha value is -0.570. The fraction of sp³-hybridized carbons (Fsp3) is 0.867. The van der Waals surface area contributed by atoms with Crippen molar-refractivity contribution in [3.63, 3.8) is 0 Å². The van der Waals surface area contributed by atoms with Gasteiger partial charge in [0.2, 0.25) is 5.91 Å². The summed E-state index contributed by atoms with van der Waals surface area (Å²) in [6, 6.07) is 0. The van der Waals surface area contributed by atoms with Crippen LogP contribution in [0.5, 0.6) is 0 Å². The van der Waals surface area contributed by atoms with Crippen LogP contribution in [-0.4, -0.2) is 74.1 Å². The maximum atomic E-state index is 11.6. The highest BCUT2D eigenvalue weighted by atomic mass is 127. The van der Waals surface area contributed by atoms with Gasteiger partial charge in [-0.15, -0.1) is 24.0 Å². The second kappa shape index (κ2) is 9.54. The normalized spacial score (nSPS) is 17.0. The Labute approximate surface area is 151 Å². The van der Waals surface area contributed by atoms with Gasteiger partial charge in [0.15, 0.2) is 5.96 Å². The van der Waals surface area contributed by atoms with Gasteiger partial charge in [0.25, 0.3) is 0 Å². The summed E-state index contributed by atoms with van der Waals surface area (Å²) in [5, 5.41) is 3.13. The topological polar surface area (TPSA) is 57.2 Å². The molecule has 1 aliphatic heterocycles. The number of amides is 1. The average Bonchev–Trinajstić information content (AvgIpc) is 2.39. The second-order valence-electron chi connectivity index (χ2n) is 6.61. The van der Waals surface area contributed by atoms with E-state index in [9.17, 15) is 4.79 Å². The number of halogens is 1. The molecule has 1 N–H and O–H groups in total. The minimum Gasteiger partial charge on any atom is -0.372 e. The predicted molar refractivity (Wildman–Crippen MR) is 101 cm³/mol. The van der Waals surface area contributed by atoms with Crippen molar-refractivity contribution in [2.45, 2.75) is 45.3 Å². The van der Waals surface area contributed by atoms with E-state index in [2.05, 4.69) is 36.0 Å². The first-order valence-corrected chi connectivity index (χ1v) is 7.56. The van der Waals surface area contributed by atoms with E-state index in [4.69, 9.17) is 4.74 Å². The number of likely N-dealkylation sites (N-methyl/N-ethyl adjacent to an activating group) is 1. The molecule has 22 heavy (non-hydrogen) atoms. The van der Waals surface area contributed by atoms with Crippen molar-refractivity contribution in [3.8, 4) is 0 Å². The zero-order valence-electron chi connectivity index (χ0n) is 14.7. The smallest absolute Gasteiger partial charge is 0.241 e. The van der Waals surface area contributed by atoms with Gasteiger partial charge in [-0.3, -0.25) is 9.79 Å². The van der Waals surface area contributed by atoms with Gasteiger partial charge >= 0.3 is 0 Å². The standard InChI is InChI=1S/C15H30N4O2.HI/c1-15(2,3)21-12-7-9-19(10-8-12)14(16-4)17-11-13(20)18(5)6;/h12H,7-11H2,1-6H3,(H,16,17);1H. The van der Waals surface area contributed by atoms with Gasteiger partial charge in [-0.05, 0) is 33.6 Å². The van der Waals surface area contributed by atoms with Gasteiger partial charge in [0.05, 0.1) is 18.2 Å². The Bertz CT molecular complexity index is 372. The summed E-state index contributed by atoms with van der Waals surface area (Å²) in [6.07, 6.45) is 2.28. The van der Waals surface area contributed by atoms with Crippen molar-refractivity contribution < 1.29 is 9.53 Å². The largest absolute Gasteiger partial charge is 0.372 e. The van der Waals surface area contributed by atoms with Crippen molar-refractivity contribution in [2.24, 2.45) is 4.99 Å². The lowest BCUT2D eigenvalue weighted by molar-refractivity contribution is -0.127. The molecule has 1 fully saturated rings. The van der Waals surface area contributed by atoms with E-state index in [1.165, 1.54) is 0 Å². The molecule has 0 aliphatic carbocycles. The summed E-state index contributed by atoms with van der Waals surface area (Å²) in [7, 11) is 5.25. The minimum atomic E-state index is -0.0924. The second-order valence-corrected chi connectivity index (χ2v) is 6.61. The average molecular weight is 426 g/mol. The van der Waals surface area contributed by atoms with E-state index >= 15 is 0 Å². The van der Waals surface area contributed by atoms with Crippen molar-refractivity contribution in [3.05, 3.63) is 0 Å². The number of likely N-dealkylation sites (tertiary alicyclic amines) is 1. The number of hydrogen-bond donors (Lipinski definition) is 1. The number of aliphatic imine (C=N–C) groups is 1. The zero-order chi connectivity index (χ0) is 16.0. The van der Waals surface area contributed by atoms with Gasteiger partial charge < -0.3 is 19.9 Å². The van der Waals surface area contributed by atoms with E-state index in [0.717, 1.165) is 31.9 Å². The summed E-state index contributed by atoms with van der Waals surface area (Å²) >= 11 is 0. The number of carbonyl (C=O) groups is 1. The van der Waals surface area contributed by atoms with E-state index in [1.807, 2.05) is 0 Å². The van der Waals surface area contributed by atoms with Crippen LogP contribution in [0.4, 0.5) is 0 Å². The van der Waals surface area contributed by atoms with Crippen LogP contribution >= 0.6 is 24.0 Å². The van der Waals surface area contributed by atoms with Crippen molar-refractivity contribution >= 4 is 35.8 Å². The number of nitrogens with one attached hydrogen (secondary N) is 1. The van der Waals surface area contributed by atoms with Crippen molar-refractivity contribution in [1.82, 2.24) is 15.1 Å². The Kier molecular flexibility index (Phi) is 9.30. The maximum Gasteiger partial charge on any atom is 0.241 e. The number of guanidine groups is 1. The van der Waals surface area contributed by atoms with Crippen molar-refractivity contribution in [2.75, 3.05) is 40.8 Å². The van der Waals surface area contributed by atoms with Crippen molar-refractivity contribution in [1.29, 1.82) is 0 Å². The van der Waals surface area contributed by atoms with Gasteiger partial charge in [0.1, 0.15) is 0 Å². The number of ether oxygens (including phenoxy) is 1. The maximum absolute atomic E-state index is 11.6. The summed E-state index contributed by atoms with van der Waals surface area (Å²) in [5.41, 5.74) is -0.0924. The zero-order valence-corrected chi connectivity index (χ0v) is 17.0. The summed E-state index contributed by atoms with van der Waals surface area (Å²) < 4.78 is 6.02. The van der Waals surface area contributed by atoms with E-state index < -0.39 is 0 Å². The van der Waals surface area contributed by atoms with Crippen LogP contribution in [0, 0.1) is 0 Å². The molecule has 0 radical (unpaired) electrons. The Balaban J connectivity index is 0.00000441. The number of piperidine rings is 1. The molecule has 0 unspecified atom stereocenters. The van der Waals surface area contributed by atoms with Crippen LogP contribution in [0.3, 0.4) is 0 Å². The quantitative estimate of drug-likeness (QED) is 0.423. The summed E-state index contributed by atoms with van der Waals surface area (Å²) in [6.45, 7) is 8.34. The Morgan fingerprint density at radius 2 is 1.86 bits per heavy atom. The number of nitrogens with zero attached hydrogens (tertiary/aromatic N) is 3. The molecule has 7 heteroatoms. The molecule has 1 rings (SSSR count). The fourth-order valence-corrected chi connectivity index (χ4v) is 2.33. The van der Waals surface area contributed by atoms with Crippen LogP contribution < -0.4 is 5.32 Å². The monoisotopic (exact) mass is 426 g/mol. The fourth-order valence-electron chi connectivity index (χ4n) is 2.33. The van der Waals surface area contributed by atoms with Gasteiger partial charge in [-0.1, -0.05) is 0 Å². The molecule has 0 aromatic heterocycles. The van der Waals surface area contributed by atoms with Crippen LogP contribution in [0.2, 0.25) is 0 Å².